The second kappa shape index (κ2) is 6.77. The highest BCUT2D eigenvalue weighted by molar-refractivity contribution is 5.79. The van der Waals surface area contributed by atoms with E-state index < -0.39 is 0 Å². The Hall–Kier alpha value is -1.10. The van der Waals surface area contributed by atoms with Crippen molar-refractivity contribution in [2.45, 2.75) is 38.5 Å². The molecule has 3 saturated heterocycles. The van der Waals surface area contributed by atoms with Gasteiger partial charge in [-0.05, 0) is 38.0 Å². The number of piperidine rings is 1. The van der Waals surface area contributed by atoms with Gasteiger partial charge in [0.05, 0.1) is 12.5 Å². The van der Waals surface area contributed by atoms with E-state index in [0.717, 1.165) is 64.9 Å². The Morgan fingerprint density at radius 1 is 0.952 bits per heavy atom. The maximum absolute atomic E-state index is 12.3. The van der Waals surface area contributed by atoms with E-state index in [1.54, 1.807) is 0 Å². The van der Waals surface area contributed by atoms with Crippen LogP contribution in [0.1, 0.15) is 38.5 Å². The summed E-state index contributed by atoms with van der Waals surface area (Å²) in [4.78, 5) is 28.5. The lowest BCUT2D eigenvalue weighted by Gasteiger charge is -2.33. The molecule has 1 unspecified atom stereocenters. The second-order valence-electron chi connectivity index (χ2n) is 6.62. The van der Waals surface area contributed by atoms with Crippen molar-refractivity contribution in [2.24, 2.45) is 11.8 Å². The number of carbonyl (C=O) groups excluding carboxylic acids is 2. The molecule has 2 amide bonds. The molecule has 0 bridgehead atoms. The number of carbonyl (C=O) groups is 2. The molecule has 1 atom stereocenters. The molecule has 118 valence electrons. The van der Waals surface area contributed by atoms with Crippen molar-refractivity contribution in [1.82, 2.24) is 9.80 Å². The summed E-state index contributed by atoms with van der Waals surface area (Å²) in [5.41, 5.74) is 0. The molecule has 0 spiro atoms. The Morgan fingerprint density at radius 3 is 2.29 bits per heavy atom. The van der Waals surface area contributed by atoms with E-state index in [4.69, 9.17) is 4.74 Å². The van der Waals surface area contributed by atoms with Gasteiger partial charge in [-0.25, -0.2) is 0 Å². The molecule has 0 radical (unpaired) electrons. The first-order valence-corrected chi connectivity index (χ1v) is 8.38. The van der Waals surface area contributed by atoms with E-state index in [1.807, 2.05) is 9.80 Å². The van der Waals surface area contributed by atoms with Crippen LogP contribution in [0.5, 0.6) is 0 Å². The molecule has 3 aliphatic rings. The third-order valence-corrected chi connectivity index (χ3v) is 5.13. The molecule has 3 rings (SSSR count). The van der Waals surface area contributed by atoms with E-state index >= 15 is 0 Å². The van der Waals surface area contributed by atoms with Crippen molar-refractivity contribution in [3.63, 3.8) is 0 Å². The van der Waals surface area contributed by atoms with Gasteiger partial charge >= 0.3 is 0 Å². The van der Waals surface area contributed by atoms with Crippen LogP contribution in [-0.4, -0.2) is 61.0 Å². The van der Waals surface area contributed by atoms with Gasteiger partial charge in [0.25, 0.3) is 0 Å². The van der Waals surface area contributed by atoms with Crippen LogP contribution in [0.3, 0.4) is 0 Å². The SMILES string of the molecule is O=C(CC1CCN(C(=O)C2CCOC2)CC1)N1CCCC1. The summed E-state index contributed by atoms with van der Waals surface area (Å²) in [7, 11) is 0. The van der Waals surface area contributed by atoms with Crippen molar-refractivity contribution in [1.29, 1.82) is 0 Å². The number of rotatable bonds is 3. The number of nitrogens with zero attached hydrogens (tertiary/aromatic N) is 2. The Morgan fingerprint density at radius 2 is 1.67 bits per heavy atom. The summed E-state index contributed by atoms with van der Waals surface area (Å²) in [5.74, 6) is 1.12. The summed E-state index contributed by atoms with van der Waals surface area (Å²) in [5, 5.41) is 0. The molecule has 0 saturated carbocycles. The molecule has 21 heavy (non-hydrogen) atoms. The fraction of sp³-hybridized carbons (Fsp3) is 0.875. The van der Waals surface area contributed by atoms with Crippen LogP contribution in [0.15, 0.2) is 0 Å². The van der Waals surface area contributed by atoms with E-state index in [1.165, 1.54) is 0 Å². The van der Waals surface area contributed by atoms with Gasteiger partial charge in [-0.15, -0.1) is 0 Å². The predicted octanol–water partition coefficient (Wildman–Crippen LogP) is 1.27. The molecule has 5 heteroatoms. The van der Waals surface area contributed by atoms with Crippen LogP contribution >= 0.6 is 0 Å². The van der Waals surface area contributed by atoms with Crippen LogP contribution in [0.2, 0.25) is 0 Å². The zero-order chi connectivity index (χ0) is 14.7. The molecule has 3 heterocycles. The highest BCUT2D eigenvalue weighted by Crippen LogP contribution is 2.25. The molecule has 3 fully saturated rings. The molecule has 0 aromatic carbocycles. The minimum atomic E-state index is 0.0766. The van der Waals surface area contributed by atoms with Gasteiger partial charge in [-0.3, -0.25) is 9.59 Å². The lowest BCUT2D eigenvalue weighted by atomic mass is 9.92. The quantitative estimate of drug-likeness (QED) is 0.788. The second-order valence-corrected chi connectivity index (χ2v) is 6.62. The maximum Gasteiger partial charge on any atom is 0.228 e. The number of likely N-dealkylation sites (tertiary alicyclic amines) is 2. The standard InChI is InChI=1S/C16H26N2O3/c19-15(17-6-1-2-7-17)11-13-3-8-18(9-4-13)16(20)14-5-10-21-12-14/h13-14H,1-12H2. The van der Waals surface area contributed by atoms with Crippen LogP contribution in [0.25, 0.3) is 0 Å². The summed E-state index contributed by atoms with van der Waals surface area (Å²) in [6.45, 7) is 4.82. The number of ether oxygens (including phenoxy) is 1. The van der Waals surface area contributed by atoms with Crippen molar-refractivity contribution in [2.75, 3.05) is 39.4 Å². The average Bonchev–Trinajstić information content (AvgIpc) is 3.20. The largest absolute Gasteiger partial charge is 0.381 e. The van der Waals surface area contributed by atoms with E-state index in [-0.39, 0.29) is 11.8 Å². The smallest absolute Gasteiger partial charge is 0.228 e. The fourth-order valence-electron chi connectivity index (χ4n) is 3.69. The fourth-order valence-corrected chi connectivity index (χ4v) is 3.69. The lowest BCUT2D eigenvalue weighted by Crippen LogP contribution is -2.42. The van der Waals surface area contributed by atoms with Gasteiger partial charge in [-0.2, -0.15) is 0 Å². The zero-order valence-corrected chi connectivity index (χ0v) is 12.8. The van der Waals surface area contributed by atoms with Crippen LogP contribution in [0, 0.1) is 11.8 Å². The topological polar surface area (TPSA) is 49.9 Å². The number of amides is 2. The van der Waals surface area contributed by atoms with E-state index in [2.05, 4.69) is 0 Å². The van der Waals surface area contributed by atoms with Crippen molar-refractivity contribution >= 4 is 11.8 Å². The molecule has 5 nitrogen and oxygen atoms in total. The van der Waals surface area contributed by atoms with Crippen LogP contribution in [0.4, 0.5) is 0 Å². The predicted molar refractivity (Wildman–Crippen MR) is 78.7 cm³/mol. The molecule has 0 aromatic rings. The molecule has 0 N–H and O–H groups in total. The molecule has 0 aromatic heterocycles. The Bertz CT molecular complexity index is 379. The van der Waals surface area contributed by atoms with Crippen molar-refractivity contribution < 1.29 is 14.3 Å². The monoisotopic (exact) mass is 294 g/mol. The third-order valence-electron chi connectivity index (χ3n) is 5.13. The van der Waals surface area contributed by atoms with Crippen molar-refractivity contribution in [3.8, 4) is 0 Å². The number of hydrogen-bond acceptors (Lipinski definition) is 3. The molecule has 0 aliphatic carbocycles. The lowest BCUT2D eigenvalue weighted by molar-refractivity contribution is -0.137. The first-order chi connectivity index (χ1) is 10.2. The summed E-state index contributed by atoms with van der Waals surface area (Å²) in [6.07, 6.45) is 5.79. The van der Waals surface area contributed by atoms with E-state index in [9.17, 15) is 9.59 Å². The Kier molecular flexibility index (Phi) is 4.78. The minimum Gasteiger partial charge on any atom is -0.381 e. The first kappa shape index (κ1) is 14.8. The maximum atomic E-state index is 12.3. The molecular weight excluding hydrogens is 268 g/mol. The van der Waals surface area contributed by atoms with Gasteiger partial charge in [0.1, 0.15) is 0 Å². The van der Waals surface area contributed by atoms with Gasteiger partial charge in [-0.1, -0.05) is 0 Å². The van der Waals surface area contributed by atoms with E-state index in [0.29, 0.717) is 24.9 Å². The number of hydrogen-bond donors (Lipinski definition) is 0. The summed E-state index contributed by atoms with van der Waals surface area (Å²) in [6, 6.07) is 0. The molecular formula is C16H26N2O3. The normalized spacial score (nSPS) is 27.3. The molecule has 3 aliphatic heterocycles. The van der Waals surface area contributed by atoms with Crippen LogP contribution < -0.4 is 0 Å². The highest BCUT2D eigenvalue weighted by atomic mass is 16.5. The van der Waals surface area contributed by atoms with Gasteiger partial charge in [0.2, 0.25) is 11.8 Å². The Labute approximate surface area is 126 Å². The summed E-state index contributed by atoms with van der Waals surface area (Å²) >= 11 is 0. The Balaban J connectivity index is 1.42. The zero-order valence-electron chi connectivity index (χ0n) is 12.8. The van der Waals surface area contributed by atoms with Gasteiger partial charge < -0.3 is 14.5 Å². The van der Waals surface area contributed by atoms with Gasteiger partial charge in [0, 0.05) is 39.2 Å². The first-order valence-electron chi connectivity index (χ1n) is 8.38. The third kappa shape index (κ3) is 3.57. The summed E-state index contributed by atoms with van der Waals surface area (Å²) < 4.78 is 5.30. The van der Waals surface area contributed by atoms with Gasteiger partial charge in [0.15, 0.2) is 0 Å². The van der Waals surface area contributed by atoms with Crippen molar-refractivity contribution in [3.05, 3.63) is 0 Å². The average molecular weight is 294 g/mol. The minimum absolute atomic E-state index is 0.0766. The highest BCUT2D eigenvalue weighted by Gasteiger charge is 2.31. The van der Waals surface area contributed by atoms with Crippen LogP contribution in [-0.2, 0) is 14.3 Å².